The lowest BCUT2D eigenvalue weighted by Gasteiger charge is -2.21. The van der Waals surface area contributed by atoms with Gasteiger partial charge in [-0.2, -0.15) is 8.42 Å². The Bertz CT molecular complexity index is 1960. The van der Waals surface area contributed by atoms with Gasteiger partial charge in [0.15, 0.2) is 0 Å². The van der Waals surface area contributed by atoms with Gasteiger partial charge in [0.25, 0.3) is 21.9 Å². The fourth-order valence-corrected chi connectivity index (χ4v) is 5.14. The third-order valence-electron chi connectivity index (χ3n) is 7.27. The van der Waals surface area contributed by atoms with E-state index in [1.807, 2.05) is 78.9 Å². The summed E-state index contributed by atoms with van der Waals surface area (Å²) in [5.41, 5.74) is 4.97. The molecular formula is C37H37N3O6S. The molecule has 2 amide bonds. The van der Waals surface area contributed by atoms with E-state index in [1.54, 1.807) is 24.3 Å². The first-order valence-electron chi connectivity index (χ1n) is 15.1. The summed E-state index contributed by atoms with van der Waals surface area (Å²) in [5, 5.41) is 9.77. The lowest BCUT2D eigenvalue weighted by atomic mass is 9.95. The zero-order chi connectivity index (χ0) is 33.6. The topological polar surface area (TPSA) is 138 Å². The number of furan rings is 1. The van der Waals surface area contributed by atoms with Crippen LogP contribution in [0.3, 0.4) is 0 Å². The molecule has 0 fully saturated rings. The zero-order valence-corrected chi connectivity index (χ0v) is 27.2. The number of carbonyl (C=O) groups excluding carboxylic acids is 2. The summed E-state index contributed by atoms with van der Waals surface area (Å²) in [6, 6.07) is 30.6. The van der Waals surface area contributed by atoms with Crippen molar-refractivity contribution in [2.45, 2.75) is 26.8 Å². The maximum atomic E-state index is 13.8. The van der Waals surface area contributed by atoms with Crippen LogP contribution in [0.2, 0.25) is 0 Å². The maximum Gasteiger partial charge on any atom is 0.266 e. The van der Waals surface area contributed by atoms with Crippen LogP contribution in [0.4, 0.5) is 11.4 Å². The zero-order valence-electron chi connectivity index (χ0n) is 26.4. The van der Waals surface area contributed by atoms with Gasteiger partial charge in [-0.1, -0.05) is 75.4 Å². The number of amides is 2. The summed E-state index contributed by atoms with van der Waals surface area (Å²) in [6.07, 6.45) is 4.18. The molecule has 0 saturated heterocycles. The molecule has 1 heterocycles. The van der Waals surface area contributed by atoms with Crippen molar-refractivity contribution in [1.82, 2.24) is 5.32 Å². The van der Waals surface area contributed by atoms with Crippen molar-refractivity contribution in [2.24, 2.45) is 5.41 Å². The second-order valence-corrected chi connectivity index (χ2v) is 13.8. The molecule has 1 unspecified atom stereocenters. The average Bonchev–Trinajstić information content (AvgIpc) is 3.47. The molecule has 4 aromatic carbocycles. The predicted octanol–water partition coefficient (Wildman–Crippen LogP) is 7.57. The molecule has 5 aromatic rings. The molecule has 9 nitrogen and oxygen atoms in total. The molecule has 4 N–H and O–H groups in total. The van der Waals surface area contributed by atoms with Crippen molar-refractivity contribution >= 4 is 50.4 Å². The molecule has 0 spiro atoms. The SMILES string of the molecule is CC(C)(C)/C=C/c1ccc(C(Nc2ccc(C(=O)NCCS(=O)(=O)O)cc2)C(=O)Nc2ccc(-c3cc4ccccc4o3)cc2)cc1. The lowest BCUT2D eigenvalue weighted by Crippen LogP contribution is -2.29. The van der Waals surface area contributed by atoms with Crippen LogP contribution in [0.5, 0.6) is 0 Å². The van der Waals surface area contributed by atoms with Crippen LogP contribution in [0.25, 0.3) is 28.4 Å². The van der Waals surface area contributed by atoms with Crippen LogP contribution in [-0.2, 0) is 14.9 Å². The molecular weight excluding hydrogens is 614 g/mol. The van der Waals surface area contributed by atoms with Gasteiger partial charge < -0.3 is 20.4 Å². The van der Waals surface area contributed by atoms with Gasteiger partial charge >= 0.3 is 0 Å². The lowest BCUT2D eigenvalue weighted by molar-refractivity contribution is -0.117. The van der Waals surface area contributed by atoms with E-state index in [1.165, 1.54) is 0 Å². The first-order valence-corrected chi connectivity index (χ1v) is 16.7. The van der Waals surface area contributed by atoms with E-state index in [9.17, 15) is 18.0 Å². The summed E-state index contributed by atoms with van der Waals surface area (Å²) in [7, 11) is -4.18. The molecule has 0 aliphatic carbocycles. The van der Waals surface area contributed by atoms with Crippen LogP contribution >= 0.6 is 0 Å². The molecule has 0 saturated carbocycles. The minimum absolute atomic E-state index is 0.0300. The molecule has 0 aliphatic heterocycles. The Morgan fingerprint density at radius 3 is 2.17 bits per heavy atom. The largest absolute Gasteiger partial charge is 0.456 e. The van der Waals surface area contributed by atoms with E-state index in [2.05, 4.69) is 48.9 Å². The normalized spacial score (nSPS) is 12.6. The maximum absolute atomic E-state index is 13.8. The predicted molar refractivity (Wildman–Crippen MR) is 187 cm³/mol. The minimum atomic E-state index is -4.18. The third-order valence-corrected chi connectivity index (χ3v) is 7.99. The fraction of sp³-hybridized carbons (Fsp3) is 0.189. The Morgan fingerprint density at radius 1 is 0.872 bits per heavy atom. The average molecular weight is 652 g/mol. The molecule has 0 radical (unpaired) electrons. The summed E-state index contributed by atoms with van der Waals surface area (Å²) in [6.45, 7) is 6.15. The Morgan fingerprint density at radius 2 is 1.53 bits per heavy atom. The number of fused-ring (bicyclic) bond motifs is 1. The van der Waals surface area contributed by atoms with E-state index in [0.29, 0.717) is 16.9 Å². The number of benzene rings is 4. The van der Waals surface area contributed by atoms with Crippen molar-refractivity contribution < 1.29 is 27.0 Å². The molecule has 5 rings (SSSR count). The highest BCUT2D eigenvalue weighted by Crippen LogP contribution is 2.29. The summed E-state index contributed by atoms with van der Waals surface area (Å²) in [5.74, 6) is -0.617. The van der Waals surface area contributed by atoms with Gasteiger partial charge in [-0.15, -0.1) is 0 Å². The van der Waals surface area contributed by atoms with Crippen molar-refractivity contribution in [1.29, 1.82) is 0 Å². The van der Waals surface area contributed by atoms with E-state index >= 15 is 0 Å². The minimum Gasteiger partial charge on any atom is -0.456 e. The summed E-state index contributed by atoms with van der Waals surface area (Å²) >= 11 is 0. The second kappa shape index (κ2) is 14.1. The standard InChI is InChI=1S/C37H37N3O6S/c1-37(2,3)21-20-25-8-10-27(11-9-25)34(39-30-18-14-28(15-19-30)35(41)38-22-23-47(43,44)45)36(42)40-31-16-12-26(13-17-31)33-24-29-6-4-5-7-32(29)46-33/h4-21,24,34,39H,22-23H2,1-3H3,(H,38,41)(H,40,42)(H,43,44,45)/b21-20+. The van der Waals surface area contributed by atoms with Gasteiger partial charge in [0.05, 0.1) is 5.75 Å². The number of rotatable bonds is 11. The Balaban J connectivity index is 1.33. The number of nitrogens with one attached hydrogen (secondary N) is 3. The van der Waals surface area contributed by atoms with Gasteiger partial charge in [0.2, 0.25) is 0 Å². The number of hydrogen-bond acceptors (Lipinski definition) is 6. The quantitative estimate of drug-likeness (QED) is 0.108. The fourth-order valence-electron chi connectivity index (χ4n) is 4.78. The highest BCUT2D eigenvalue weighted by molar-refractivity contribution is 7.85. The molecule has 47 heavy (non-hydrogen) atoms. The van der Waals surface area contributed by atoms with Gasteiger partial charge in [-0.05, 0) is 77.2 Å². The molecule has 0 bridgehead atoms. The molecule has 1 aromatic heterocycles. The first-order chi connectivity index (χ1) is 22.3. The van der Waals surface area contributed by atoms with E-state index < -0.39 is 27.8 Å². The van der Waals surface area contributed by atoms with Crippen molar-refractivity contribution in [3.8, 4) is 11.3 Å². The number of carbonyl (C=O) groups is 2. The van der Waals surface area contributed by atoms with Crippen LogP contribution in [0.1, 0.15) is 48.3 Å². The van der Waals surface area contributed by atoms with Gasteiger partial charge in [-0.25, -0.2) is 0 Å². The van der Waals surface area contributed by atoms with Gasteiger partial charge in [-0.3, -0.25) is 14.1 Å². The highest BCUT2D eigenvalue weighted by Gasteiger charge is 2.21. The smallest absolute Gasteiger partial charge is 0.266 e. The van der Waals surface area contributed by atoms with Gasteiger partial charge in [0, 0.05) is 34.4 Å². The Kier molecular flexibility index (Phi) is 9.93. The van der Waals surface area contributed by atoms with Crippen molar-refractivity contribution in [3.63, 3.8) is 0 Å². The van der Waals surface area contributed by atoms with Crippen molar-refractivity contribution in [2.75, 3.05) is 22.9 Å². The van der Waals surface area contributed by atoms with Gasteiger partial charge in [0.1, 0.15) is 17.4 Å². The van der Waals surface area contributed by atoms with E-state index in [-0.39, 0.29) is 17.9 Å². The molecule has 0 aliphatic rings. The summed E-state index contributed by atoms with van der Waals surface area (Å²) < 4.78 is 36.7. The van der Waals surface area contributed by atoms with Crippen molar-refractivity contribution in [3.05, 3.63) is 126 Å². The second-order valence-electron chi connectivity index (χ2n) is 12.3. The summed E-state index contributed by atoms with van der Waals surface area (Å²) in [4.78, 5) is 26.2. The van der Waals surface area contributed by atoms with Crippen LogP contribution < -0.4 is 16.0 Å². The first kappa shape index (κ1) is 33.2. The molecule has 10 heteroatoms. The van der Waals surface area contributed by atoms with Crippen LogP contribution in [0.15, 0.2) is 114 Å². The van der Waals surface area contributed by atoms with Crippen LogP contribution in [0, 0.1) is 5.41 Å². The van der Waals surface area contributed by atoms with E-state index in [4.69, 9.17) is 8.97 Å². The monoisotopic (exact) mass is 651 g/mol. The number of anilines is 2. The number of allylic oxidation sites excluding steroid dienone is 1. The number of hydrogen-bond donors (Lipinski definition) is 4. The van der Waals surface area contributed by atoms with Crippen LogP contribution in [-0.4, -0.2) is 37.1 Å². The van der Waals surface area contributed by atoms with E-state index in [0.717, 1.165) is 33.4 Å². The molecule has 1 atom stereocenters. The number of para-hydroxylation sites is 1. The highest BCUT2D eigenvalue weighted by atomic mass is 32.2. The third kappa shape index (κ3) is 9.41. The Labute approximate surface area is 274 Å². The molecule has 242 valence electrons. The Hall–Kier alpha value is -5.19.